The van der Waals surface area contributed by atoms with E-state index in [0.29, 0.717) is 18.5 Å². The molecule has 1 amide bonds. The molecule has 0 bridgehead atoms. The molecule has 0 saturated carbocycles. The Morgan fingerprint density at radius 1 is 1.44 bits per heavy atom. The van der Waals surface area contributed by atoms with Crippen LogP contribution in [0.4, 0.5) is 0 Å². The van der Waals surface area contributed by atoms with Crippen molar-refractivity contribution < 1.29 is 9.53 Å². The number of carbonyl (C=O) groups is 1. The minimum Gasteiger partial charge on any atom is -0.364 e. The molecule has 4 nitrogen and oxygen atoms in total. The summed E-state index contributed by atoms with van der Waals surface area (Å²) in [6.45, 7) is 5.72. The first kappa shape index (κ1) is 11.9. The van der Waals surface area contributed by atoms with E-state index in [-0.39, 0.29) is 18.1 Å². The molecular weight excluding hydrogens is 204 g/mol. The Kier molecular flexibility index (Phi) is 3.50. The lowest BCUT2D eigenvalue weighted by Crippen LogP contribution is -2.41. The van der Waals surface area contributed by atoms with Gasteiger partial charge >= 0.3 is 0 Å². The van der Waals surface area contributed by atoms with Gasteiger partial charge in [-0.05, 0) is 32.1 Å². The average molecular weight is 226 g/mol. The molecule has 2 saturated heterocycles. The van der Waals surface area contributed by atoms with Crippen LogP contribution < -0.4 is 5.73 Å². The van der Waals surface area contributed by atoms with Crippen molar-refractivity contribution in [3.8, 4) is 0 Å². The Balaban J connectivity index is 1.93. The van der Waals surface area contributed by atoms with Crippen LogP contribution in [-0.4, -0.2) is 42.1 Å². The highest BCUT2D eigenvalue weighted by atomic mass is 16.5. The molecule has 2 fully saturated rings. The largest absolute Gasteiger partial charge is 0.364 e. The zero-order chi connectivity index (χ0) is 11.7. The Hall–Kier alpha value is -0.610. The third-order valence-electron chi connectivity index (χ3n) is 3.71. The van der Waals surface area contributed by atoms with Crippen molar-refractivity contribution in [1.29, 1.82) is 0 Å². The molecule has 2 rings (SSSR count). The topological polar surface area (TPSA) is 55.6 Å². The molecule has 2 aliphatic heterocycles. The molecule has 4 atom stereocenters. The van der Waals surface area contributed by atoms with Crippen LogP contribution in [0.2, 0.25) is 0 Å². The van der Waals surface area contributed by atoms with Gasteiger partial charge in [-0.15, -0.1) is 0 Å². The van der Waals surface area contributed by atoms with Crippen LogP contribution in [-0.2, 0) is 9.53 Å². The standard InChI is InChI=1S/C12H22N2O2/c1-8-5-9(2)14(7-8)12(15)11-4-3-10(6-13)16-11/h8-11H,3-7,13H2,1-2H3. The van der Waals surface area contributed by atoms with Gasteiger partial charge in [0, 0.05) is 19.1 Å². The highest BCUT2D eigenvalue weighted by Gasteiger charge is 2.37. The van der Waals surface area contributed by atoms with Gasteiger partial charge in [0.1, 0.15) is 6.10 Å². The predicted molar refractivity (Wildman–Crippen MR) is 61.9 cm³/mol. The van der Waals surface area contributed by atoms with Crippen LogP contribution in [0.25, 0.3) is 0 Å². The molecular formula is C12H22N2O2. The van der Waals surface area contributed by atoms with Crippen molar-refractivity contribution in [2.75, 3.05) is 13.1 Å². The van der Waals surface area contributed by atoms with E-state index in [1.54, 1.807) is 0 Å². The fraction of sp³-hybridized carbons (Fsp3) is 0.917. The summed E-state index contributed by atoms with van der Waals surface area (Å²) >= 11 is 0. The summed E-state index contributed by atoms with van der Waals surface area (Å²) in [7, 11) is 0. The Morgan fingerprint density at radius 2 is 2.19 bits per heavy atom. The SMILES string of the molecule is CC1CC(C)N(C(=O)C2CCC(CN)O2)C1. The zero-order valence-electron chi connectivity index (χ0n) is 10.2. The first-order valence-electron chi connectivity index (χ1n) is 6.27. The van der Waals surface area contributed by atoms with Crippen LogP contribution in [0.3, 0.4) is 0 Å². The summed E-state index contributed by atoms with van der Waals surface area (Å²) < 4.78 is 5.65. The van der Waals surface area contributed by atoms with Crippen molar-refractivity contribution in [1.82, 2.24) is 4.90 Å². The number of carbonyl (C=O) groups excluding carboxylic acids is 1. The fourth-order valence-corrected chi connectivity index (χ4v) is 2.85. The molecule has 2 aliphatic rings. The number of ether oxygens (including phenoxy) is 1. The number of rotatable bonds is 2. The maximum absolute atomic E-state index is 12.2. The molecule has 0 aromatic heterocycles. The van der Waals surface area contributed by atoms with E-state index in [1.807, 2.05) is 4.90 Å². The van der Waals surface area contributed by atoms with Gasteiger partial charge in [0.25, 0.3) is 5.91 Å². The van der Waals surface area contributed by atoms with Crippen LogP contribution in [0.15, 0.2) is 0 Å². The summed E-state index contributed by atoms with van der Waals surface area (Å²) in [5.41, 5.74) is 5.55. The monoisotopic (exact) mass is 226 g/mol. The number of amides is 1. The molecule has 92 valence electrons. The zero-order valence-corrected chi connectivity index (χ0v) is 10.2. The summed E-state index contributed by atoms with van der Waals surface area (Å²) in [5.74, 6) is 0.790. The second-order valence-electron chi connectivity index (χ2n) is 5.24. The maximum Gasteiger partial charge on any atom is 0.251 e. The molecule has 0 radical (unpaired) electrons. The second kappa shape index (κ2) is 4.72. The van der Waals surface area contributed by atoms with Gasteiger partial charge in [-0.1, -0.05) is 6.92 Å². The molecule has 0 aliphatic carbocycles. The minimum absolute atomic E-state index is 0.0873. The highest BCUT2D eigenvalue weighted by molar-refractivity contribution is 5.81. The molecule has 2 N–H and O–H groups in total. The van der Waals surface area contributed by atoms with Crippen LogP contribution >= 0.6 is 0 Å². The minimum atomic E-state index is -0.235. The number of nitrogens with two attached hydrogens (primary N) is 1. The van der Waals surface area contributed by atoms with Gasteiger partial charge < -0.3 is 15.4 Å². The normalized spacial score (nSPS) is 39.3. The van der Waals surface area contributed by atoms with Crippen molar-refractivity contribution >= 4 is 5.91 Å². The number of likely N-dealkylation sites (tertiary alicyclic amines) is 1. The first-order chi connectivity index (χ1) is 7.61. The van der Waals surface area contributed by atoms with Gasteiger partial charge in [0.15, 0.2) is 0 Å². The predicted octanol–water partition coefficient (Wildman–Crippen LogP) is 0.750. The molecule has 0 spiro atoms. The van der Waals surface area contributed by atoms with Crippen LogP contribution in [0, 0.1) is 5.92 Å². The van der Waals surface area contributed by atoms with Gasteiger partial charge in [0.05, 0.1) is 6.10 Å². The van der Waals surface area contributed by atoms with Crippen molar-refractivity contribution in [3.63, 3.8) is 0 Å². The summed E-state index contributed by atoms with van der Waals surface area (Å²) in [6.07, 6.45) is 2.72. The third-order valence-corrected chi connectivity index (χ3v) is 3.71. The van der Waals surface area contributed by atoms with Crippen molar-refractivity contribution in [3.05, 3.63) is 0 Å². The number of nitrogens with zero attached hydrogens (tertiary/aromatic N) is 1. The Bertz CT molecular complexity index is 270. The van der Waals surface area contributed by atoms with Crippen LogP contribution in [0.1, 0.15) is 33.1 Å². The maximum atomic E-state index is 12.2. The van der Waals surface area contributed by atoms with E-state index < -0.39 is 0 Å². The lowest BCUT2D eigenvalue weighted by Gasteiger charge is -2.24. The second-order valence-corrected chi connectivity index (χ2v) is 5.24. The summed E-state index contributed by atoms with van der Waals surface area (Å²) in [4.78, 5) is 14.2. The molecule has 0 aromatic carbocycles. The molecule has 4 unspecified atom stereocenters. The van der Waals surface area contributed by atoms with Gasteiger partial charge in [0.2, 0.25) is 0 Å². The van der Waals surface area contributed by atoms with E-state index in [0.717, 1.165) is 25.8 Å². The molecule has 4 heteroatoms. The van der Waals surface area contributed by atoms with E-state index in [9.17, 15) is 4.79 Å². The third kappa shape index (κ3) is 2.23. The highest BCUT2D eigenvalue weighted by Crippen LogP contribution is 2.27. The van der Waals surface area contributed by atoms with E-state index >= 15 is 0 Å². The smallest absolute Gasteiger partial charge is 0.251 e. The Labute approximate surface area is 97.1 Å². The number of hydrogen-bond acceptors (Lipinski definition) is 3. The van der Waals surface area contributed by atoms with Gasteiger partial charge in [-0.2, -0.15) is 0 Å². The van der Waals surface area contributed by atoms with E-state index in [2.05, 4.69) is 13.8 Å². The molecule has 0 aromatic rings. The fourth-order valence-electron chi connectivity index (χ4n) is 2.85. The van der Waals surface area contributed by atoms with E-state index in [1.165, 1.54) is 0 Å². The summed E-state index contributed by atoms with van der Waals surface area (Å²) in [6, 6.07) is 0.364. The lowest BCUT2D eigenvalue weighted by molar-refractivity contribution is -0.143. The average Bonchev–Trinajstić information content (AvgIpc) is 2.84. The molecule has 2 heterocycles. The lowest BCUT2D eigenvalue weighted by atomic mass is 10.1. The molecule has 16 heavy (non-hydrogen) atoms. The van der Waals surface area contributed by atoms with Crippen molar-refractivity contribution in [2.45, 2.75) is 51.4 Å². The first-order valence-corrected chi connectivity index (χ1v) is 6.27. The quantitative estimate of drug-likeness (QED) is 0.756. The van der Waals surface area contributed by atoms with Gasteiger partial charge in [-0.3, -0.25) is 4.79 Å². The van der Waals surface area contributed by atoms with E-state index in [4.69, 9.17) is 10.5 Å². The van der Waals surface area contributed by atoms with Crippen LogP contribution in [0.5, 0.6) is 0 Å². The number of hydrogen-bond donors (Lipinski definition) is 1. The summed E-state index contributed by atoms with van der Waals surface area (Å²) in [5, 5.41) is 0. The van der Waals surface area contributed by atoms with Crippen molar-refractivity contribution in [2.24, 2.45) is 11.7 Å². The Morgan fingerprint density at radius 3 is 2.69 bits per heavy atom. The van der Waals surface area contributed by atoms with Gasteiger partial charge in [-0.25, -0.2) is 0 Å².